The van der Waals surface area contributed by atoms with Gasteiger partial charge in [0.1, 0.15) is 0 Å². The second kappa shape index (κ2) is 5.10. The van der Waals surface area contributed by atoms with Gasteiger partial charge in [-0.3, -0.25) is 14.5 Å². The molecule has 5 nitrogen and oxygen atoms in total. The van der Waals surface area contributed by atoms with Crippen molar-refractivity contribution in [2.45, 2.75) is 43.9 Å². The number of rotatable bonds is 1. The lowest BCUT2D eigenvalue weighted by Crippen LogP contribution is -2.48. The van der Waals surface area contributed by atoms with E-state index in [0.29, 0.717) is 0 Å². The maximum atomic E-state index is 13.3. The molecule has 1 aromatic rings. The molecule has 2 amide bonds. The van der Waals surface area contributed by atoms with Crippen molar-refractivity contribution < 1.29 is 22.8 Å². The number of imide groups is 1. The molecular formula is C19H18F3N3O2. The smallest absolute Gasteiger partial charge is 0.294 e. The highest BCUT2D eigenvalue weighted by molar-refractivity contribution is 6.23. The molecule has 3 fully saturated rings. The highest BCUT2D eigenvalue weighted by Gasteiger charge is 2.73. The number of alkyl halides is 3. The zero-order valence-electron chi connectivity index (χ0n) is 15.1. The summed E-state index contributed by atoms with van der Waals surface area (Å²) in [5, 5.41) is 8.94. The summed E-state index contributed by atoms with van der Waals surface area (Å²) < 4.78 is 39.9. The van der Waals surface area contributed by atoms with E-state index in [1.165, 1.54) is 12.1 Å². The normalized spacial score (nSPS) is 35.7. The third-order valence-corrected chi connectivity index (χ3v) is 7.00. The first kappa shape index (κ1) is 18.0. The van der Waals surface area contributed by atoms with Gasteiger partial charge in [-0.15, -0.1) is 0 Å². The summed E-state index contributed by atoms with van der Waals surface area (Å²) in [4.78, 5) is 29.2. The van der Waals surface area contributed by atoms with Gasteiger partial charge in [-0.05, 0) is 51.9 Å². The number of hydrogen-bond acceptors (Lipinski definition) is 4. The Balaban J connectivity index is 1.81. The van der Waals surface area contributed by atoms with Crippen molar-refractivity contribution in [1.29, 1.82) is 5.26 Å². The number of hydrogen-bond donors (Lipinski definition) is 0. The lowest BCUT2D eigenvalue weighted by Gasteiger charge is -2.35. The molecule has 27 heavy (non-hydrogen) atoms. The first-order chi connectivity index (χ1) is 12.5. The highest BCUT2D eigenvalue weighted by atomic mass is 19.4. The maximum Gasteiger partial charge on any atom is 0.417 e. The van der Waals surface area contributed by atoms with Crippen LogP contribution in [0.5, 0.6) is 0 Å². The van der Waals surface area contributed by atoms with Gasteiger partial charge in [-0.2, -0.15) is 18.4 Å². The first-order valence-corrected chi connectivity index (χ1v) is 8.70. The molecule has 0 aliphatic carbocycles. The molecule has 4 rings (SSSR count). The van der Waals surface area contributed by atoms with E-state index < -0.39 is 52.0 Å². The number of amides is 2. The number of fused-ring (bicyclic) bond motifs is 5. The van der Waals surface area contributed by atoms with Crippen LogP contribution in [0.15, 0.2) is 18.2 Å². The van der Waals surface area contributed by atoms with Crippen molar-refractivity contribution in [2.24, 2.45) is 11.8 Å². The minimum absolute atomic E-state index is 0.125. The Hall–Kier alpha value is -2.40. The van der Waals surface area contributed by atoms with Crippen LogP contribution in [0.4, 0.5) is 18.9 Å². The van der Waals surface area contributed by atoms with Crippen LogP contribution in [0.2, 0.25) is 0 Å². The number of benzene rings is 1. The molecule has 142 valence electrons. The zero-order chi connectivity index (χ0) is 19.9. The van der Waals surface area contributed by atoms with Crippen molar-refractivity contribution in [3.63, 3.8) is 0 Å². The summed E-state index contributed by atoms with van der Waals surface area (Å²) in [5.74, 6) is -2.06. The van der Waals surface area contributed by atoms with Gasteiger partial charge in [-0.1, -0.05) is 0 Å². The first-order valence-electron chi connectivity index (χ1n) is 8.70. The fraction of sp³-hybridized carbons (Fsp3) is 0.526. The number of anilines is 1. The zero-order valence-corrected chi connectivity index (χ0v) is 15.1. The average Bonchev–Trinajstić information content (AvgIpc) is 3.07. The molecule has 0 spiro atoms. The topological polar surface area (TPSA) is 64.4 Å². The quantitative estimate of drug-likeness (QED) is 0.706. The van der Waals surface area contributed by atoms with Crippen LogP contribution in [0.3, 0.4) is 0 Å². The largest absolute Gasteiger partial charge is 0.417 e. The van der Waals surface area contributed by atoms with Gasteiger partial charge in [0, 0.05) is 11.1 Å². The lowest BCUT2D eigenvalue weighted by atomic mass is 9.69. The van der Waals surface area contributed by atoms with Gasteiger partial charge >= 0.3 is 6.18 Å². The number of carbonyl (C=O) groups is 2. The number of carbonyl (C=O) groups excluding carboxylic acids is 2. The van der Waals surface area contributed by atoms with E-state index in [-0.39, 0.29) is 5.69 Å². The fourth-order valence-electron chi connectivity index (χ4n) is 5.33. The van der Waals surface area contributed by atoms with E-state index in [0.717, 1.165) is 29.9 Å². The molecule has 0 N–H and O–H groups in total. The van der Waals surface area contributed by atoms with E-state index in [1.54, 1.807) is 0 Å². The van der Waals surface area contributed by atoms with Gasteiger partial charge in [0.2, 0.25) is 11.8 Å². The molecule has 3 saturated heterocycles. The molecule has 3 heterocycles. The summed E-state index contributed by atoms with van der Waals surface area (Å²) in [6, 6.07) is 4.48. The minimum Gasteiger partial charge on any atom is -0.294 e. The van der Waals surface area contributed by atoms with E-state index in [9.17, 15) is 22.8 Å². The number of nitrogens with zero attached hydrogens (tertiary/aromatic N) is 3. The molecule has 8 heteroatoms. The van der Waals surface area contributed by atoms with Crippen LogP contribution >= 0.6 is 0 Å². The number of halogens is 3. The van der Waals surface area contributed by atoms with Crippen molar-refractivity contribution in [1.82, 2.24) is 4.90 Å². The summed E-state index contributed by atoms with van der Waals surface area (Å²) >= 11 is 0. The van der Waals surface area contributed by atoms with Gasteiger partial charge < -0.3 is 0 Å². The fourth-order valence-corrected chi connectivity index (χ4v) is 5.33. The molecule has 3 aliphatic heterocycles. The van der Waals surface area contributed by atoms with Crippen molar-refractivity contribution in [3.8, 4) is 6.07 Å². The van der Waals surface area contributed by atoms with Crippen LogP contribution in [-0.2, 0) is 15.8 Å². The van der Waals surface area contributed by atoms with E-state index in [4.69, 9.17) is 5.26 Å². The molecule has 4 atom stereocenters. The lowest BCUT2D eigenvalue weighted by molar-refractivity contribution is -0.138. The summed E-state index contributed by atoms with van der Waals surface area (Å²) in [7, 11) is 1.90. The standard InChI is InChI=1S/C19H18F3N3O2/c1-17-6-7-18(2,24(17)3)14-13(17)15(26)25(16(14)27)11-5-4-10(9-23)12(8-11)19(20,21)22/h4-5,8,13-14H,6-7H2,1-3H3/t13-,14+,17?,18?. The average molecular weight is 377 g/mol. The predicted octanol–water partition coefficient (Wildman–Crippen LogP) is 2.94. The predicted molar refractivity (Wildman–Crippen MR) is 89.4 cm³/mol. The maximum absolute atomic E-state index is 13.3. The van der Waals surface area contributed by atoms with E-state index in [2.05, 4.69) is 4.90 Å². The molecule has 3 aliphatic rings. The van der Waals surface area contributed by atoms with Crippen LogP contribution in [0.1, 0.15) is 37.8 Å². The van der Waals surface area contributed by atoms with Gasteiger partial charge in [-0.25, -0.2) is 4.90 Å². The molecule has 2 unspecified atom stereocenters. The van der Waals surface area contributed by atoms with Crippen LogP contribution < -0.4 is 4.90 Å². The molecule has 0 radical (unpaired) electrons. The second-order valence-corrected chi connectivity index (χ2v) is 8.08. The molecule has 0 saturated carbocycles. The van der Waals surface area contributed by atoms with Crippen LogP contribution in [0, 0.1) is 23.2 Å². The Morgan fingerprint density at radius 3 is 2.07 bits per heavy atom. The third-order valence-electron chi connectivity index (χ3n) is 7.00. The van der Waals surface area contributed by atoms with E-state index in [1.807, 2.05) is 20.9 Å². The Bertz CT molecular complexity index is 886. The Labute approximate surface area is 154 Å². The molecule has 1 aromatic carbocycles. The minimum atomic E-state index is -4.75. The van der Waals surface area contributed by atoms with Crippen LogP contribution in [0.25, 0.3) is 0 Å². The highest BCUT2D eigenvalue weighted by Crippen LogP contribution is 2.62. The SMILES string of the molecule is CN1C2(C)CCC1(C)[C@H]1C(=O)N(c3ccc(C#N)c(C(F)(F)F)c3)C(=O)[C@H]12. The summed E-state index contributed by atoms with van der Waals surface area (Å²) in [5.41, 5.74) is -2.78. The molecular weight excluding hydrogens is 359 g/mol. The van der Waals surface area contributed by atoms with Gasteiger partial charge in [0.15, 0.2) is 0 Å². The monoisotopic (exact) mass is 377 g/mol. The van der Waals surface area contributed by atoms with Gasteiger partial charge in [0.05, 0.1) is 34.7 Å². The summed E-state index contributed by atoms with van der Waals surface area (Å²) in [6.07, 6.45) is -3.23. The van der Waals surface area contributed by atoms with Crippen molar-refractivity contribution >= 4 is 17.5 Å². The van der Waals surface area contributed by atoms with E-state index >= 15 is 0 Å². The van der Waals surface area contributed by atoms with Crippen LogP contribution in [-0.4, -0.2) is 34.8 Å². The molecule has 0 aromatic heterocycles. The second-order valence-electron chi connectivity index (χ2n) is 8.08. The Kier molecular flexibility index (Phi) is 3.40. The van der Waals surface area contributed by atoms with Crippen molar-refractivity contribution in [3.05, 3.63) is 29.3 Å². The third kappa shape index (κ3) is 2.03. The Morgan fingerprint density at radius 1 is 1.11 bits per heavy atom. The Morgan fingerprint density at radius 2 is 1.63 bits per heavy atom. The van der Waals surface area contributed by atoms with Crippen molar-refractivity contribution in [2.75, 3.05) is 11.9 Å². The molecule has 2 bridgehead atoms. The number of nitriles is 1. The summed E-state index contributed by atoms with van der Waals surface area (Å²) in [6.45, 7) is 3.88. The van der Waals surface area contributed by atoms with Gasteiger partial charge in [0.25, 0.3) is 0 Å².